The van der Waals surface area contributed by atoms with Crippen molar-refractivity contribution >= 4 is 29.0 Å². The number of halogens is 2. The fourth-order valence-electron chi connectivity index (χ4n) is 4.25. The van der Waals surface area contributed by atoms with Gasteiger partial charge < -0.3 is 15.2 Å². The molecule has 2 aromatic carbocycles. The molecule has 32 heavy (non-hydrogen) atoms. The third kappa shape index (κ3) is 4.62. The second-order valence-corrected chi connectivity index (χ2v) is 8.65. The van der Waals surface area contributed by atoms with E-state index in [0.717, 1.165) is 34.9 Å². The topological polar surface area (TPSA) is 67.3 Å². The normalized spacial score (nSPS) is 17.4. The number of nitrogens with zero attached hydrogens (tertiary/aromatic N) is 2. The number of anilines is 1. The minimum Gasteiger partial charge on any atom is -0.394 e. The number of fused-ring (bicyclic) bond motifs is 1. The van der Waals surface area contributed by atoms with Gasteiger partial charge in [0.15, 0.2) is 0 Å². The first-order valence-corrected chi connectivity index (χ1v) is 11.7. The summed E-state index contributed by atoms with van der Waals surface area (Å²) in [4.78, 5) is 9.96. The zero-order valence-electron chi connectivity index (χ0n) is 18.2. The molecule has 0 spiro atoms. The van der Waals surface area contributed by atoms with Crippen molar-refractivity contribution in [2.75, 3.05) is 18.5 Å². The lowest BCUT2D eigenvalue weighted by molar-refractivity contribution is 0.0245. The smallest absolute Gasteiger partial charge is 0.148 e. The number of aliphatic hydroxyl groups excluding tert-OH is 1. The molecule has 0 aliphatic heterocycles. The molecule has 0 saturated carbocycles. The number of aromatic nitrogens is 2. The molecule has 5 nitrogen and oxygen atoms in total. The fraction of sp³-hybridized carbons (Fsp3) is 0.360. The van der Waals surface area contributed by atoms with Crippen LogP contribution in [0.15, 0.2) is 42.5 Å². The van der Waals surface area contributed by atoms with E-state index in [1.807, 2.05) is 24.3 Å². The average molecular weight is 472 g/mol. The van der Waals surface area contributed by atoms with Gasteiger partial charge in [0.05, 0.1) is 47.5 Å². The molecule has 0 amide bonds. The van der Waals surface area contributed by atoms with Crippen LogP contribution in [0.4, 0.5) is 5.82 Å². The average Bonchev–Trinajstić information content (AvgIpc) is 3.15. The third-order valence-corrected chi connectivity index (χ3v) is 6.34. The maximum atomic E-state index is 9.26. The first kappa shape index (κ1) is 23.0. The molecule has 2 atom stereocenters. The van der Waals surface area contributed by atoms with Gasteiger partial charge in [-0.25, -0.2) is 9.97 Å². The summed E-state index contributed by atoms with van der Waals surface area (Å²) in [5.41, 5.74) is 5.80. The largest absolute Gasteiger partial charge is 0.394 e. The number of benzene rings is 2. The van der Waals surface area contributed by atoms with Crippen LogP contribution in [0.3, 0.4) is 0 Å². The lowest BCUT2D eigenvalue weighted by Crippen LogP contribution is -2.27. The summed E-state index contributed by atoms with van der Waals surface area (Å²) in [6, 6.07) is 13.7. The molecule has 1 aliphatic rings. The molecule has 1 aromatic heterocycles. The van der Waals surface area contributed by atoms with Crippen molar-refractivity contribution < 1.29 is 9.84 Å². The van der Waals surface area contributed by atoms with Gasteiger partial charge in [0.25, 0.3) is 0 Å². The van der Waals surface area contributed by atoms with Crippen LogP contribution in [0, 0.1) is 0 Å². The standard InChI is InChI=1S/C25H27Cl2N3O2/c1-3-20-23(18-10-9-16(26)14-19(18)27)28-21(4-2)25(29-20)30-24-17-8-6-5-7-15(17)13-22(24)32-12-11-31/h5-10,14,22,24,31H,3-4,11-13H2,1-2H3,(H,29,30). The van der Waals surface area contributed by atoms with Gasteiger partial charge in [-0.15, -0.1) is 0 Å². The molecule has 168 valence electrons. The SMILES string of the molecule is CCc1nc(-c2ccc(Cl)cc2Cl)c(CC)nc1NC1c2ccccc2CC1OCCO. The molecule has 0 bridgehead atoms. The van der Waals surface area contributed by atoms with E-state index in [-0.39, 0.29) is 18.8 Å². The number of aliphatic hydroxyl groups is 1. The minimum absolute atomic E-state index is 0.00386. The maximum Gasteiger partial charge on any atom is 0.148 e. The Labute approximate surface area is 198 Å². The maximum absolute atomic E-state index is 9.26. The van der Waals surface area contributed by atoms with Crippen LogP contribution >= 0.6 is 23.2 Å². The van der Waals surface area contributed by atoms with E-state index in [2.05, 4.69) is 31.3 Å². The Kier molecular flexibility index (Phi) is 7.31. The lowest BCUT2D eigenvalue weighted by Gasteiger charge is -2.24. The van der Waals surface area contributed by atoms with Crippen LogP contribution in [0.25, 0.3) is 11.3 Å². The van der Waals surface area contributed by atoms with Gasteiger partial charge in [-0.05, 0) is 42.2 Å². The van der Waals surface area contributed by atoms with E-state index >= 15 is 0 Å². The third-order valence-electron chi connectivity index (χ3n) is 5.79. The molecule has 3 aromatic rings. The van der Waals surface area contributed by atoms with Crippen LogP contribution < -0.4 is 5.32 Å². The first-order chi connectivity index (χ1) is 15.5. The highest BCUT2D eigenvalue weighted by Crippen LogP contribution is 2.37. The zero-order valence-corrected chi connectivity index (χ0v) is 19.7. The molecule has 0 radical (unpaired) electrons. The molecule has 4 rings (SSSR count). The highest BCUT2D eigenvalue weighted by atomic mass is 35.5. The quantitative estimate of drug-likeness (QED) is 0.443. The van der Waals surface area contributed by atoms with E-state index in [1.165, 1.54) is 11.1 Å². The Morgan fingerprint density at radius 1 is 1.06 bits per heavy atom. The number of hydrogen-bond acceptors (Lipinski definition) is 5. The molecule has 2 unspecified atom stereocenters. The Balaban J connectivity index is 1.73. The molecule has 2 N–H and O–H groups in total. The Bertz CT molecular complexity index is 1110. The van der Waals surface area contributed by atoms with Crippen molar-refractivity contribution in [3.05, 3.63) is 75.0 Å². The molecular formula is C25H27Cl2N3O2. The molecular weight excluding hydrogens is 445 g/mol. The highest BCUT2D eigenvalue weighted by molar-refractivity contribution is 6.36. The van der Waals surface area contributed by atoms with Crippen molar-refractivity contribution in [1.82, 2.24) is 9.97 Å². The molecule has 1 aliphatic carbocycles. The van der Waals surface area contributed by atoms with Crippen molar-refractivity contribution in [3.63, 3.8) is 0 Å². The summed E-state index contributed by atoms with van der Waals surface area (Å²) in [5.74, 6) is 0.762. The van der Waals surface area contributed by atoms with Gasteiger partial charge in [-0.1, -0.05) is 61.3 Å². The number of nitrogens with one attached hydrogen (secondary N) is 1. The Morgan fingerprint density at radius 2 is 1.84 bits per heavy atom. The van der Waals surface area contributed by atoms with Crippen molar-refractivity contribution in [2.24, 2.45) is 0 Å². The van der Waals surface area contributed by atoms with E-state index in [9.17, 15) is 5.11 Å². The monoisotopic (exact) mass is 471 g/mol. The zero-order chi connectivity index (χ0) is 22.7. The molecule has 1 heterocycles. The van der Waals surface area contributed by atoms with Gasteiger partial charge in [-0.3, -0.25) is 0 Å². The Morgan fingerprint density at radius 3 is 2.56 bits per heavy atom. The highest BCUT2D eigenvalue weighted by Gasteiger charge is 2.34. The van der Waals surface area contributed by atoms with Crippen LogP contribution in [0.1, 0.15) is 42.4 Å². The van der Waals surface area contributed by atoms with Gasteiger partial charge in [-0.2, -0.15) is 0 Å². The van der Waals surface area contributed by atoms with Crippen LogP contribution in [-0.2, 0) is 24.0 Å². The fourth-order valence-corrected chi connectivity index (χ4v) is 4.74. The minimum atomic E-state index is -0.0819. The predicted molar refractivity (Wildman–Crippen MR) is 130 cm³/mol. The van der Waals surface area contributed by atoms with Gasteiger partial charge in [0, 0.05) is 17.0 Å². The van der Waals surface area contributed by atoms with Crippen LogP contribution in [0.2, 0.25) is 10.0 Å². The van der Waals surface area contributed by atoms with E-state index in [4.69, 9.17) is 37.9 Å². The predicted octanol–water partition coefficient (Wildman–Crippen LogP) is 5.66. The van der Waals surface area contributed by atoms with Gasteiger partial charge in [0.1, 0.15) is 5.82 Å². The van der Waals surface area contributed by atoms with Crippen molar-refractivity contribution in [2.45, 2.75) is 45.3 Å². The van der Waals surface area contributed by atoms with Crippen LogP contribution in [-0.4, -0.2) is 34.4 Å². The molecule has 0 fully saturated rings. The summed E-state index contributed by atoms with van der Waals surface area (Å²) in [7, 11) is 0. The number of hydrogen-bond donors (Lipinski definition) is 2. The summed E-state index contributed by atoms with van der Waals surface area (Å²) in [5, 5.41) is 14.0. The second-order valence-electron chi connectivity index (χ2n) is 7.80. The summed E-state index contributed by atoms with van der Waals surface area (Å²) in [6.07, 6.45) is 2.14. The summed E-state index contributed by atoms with van der Waals surface area (Å²) >= 11 is 12.6. The van der Waals surface area contributed by atoms with Gasteiger partial charge in [0.2, 0.25) is 0 Å². The number of ether oxygens (including phenoxy) is 1. The molecule has 0 saturated heterocycles. The van der Waals surface area contributed by atoms with Crippen molar-refractivity contribution in [3.8, 4) is 11.3 Å². The van der Waals surface area contributed by atoms with Crippen molar-refractivity contribution in [1.29, 1.82) is 0 Å². The molecule has 7 heteroatoms. The van der Waals surface area contributed by atoms with E-state index < -0.39 is 0 Å². The Hall–Kier alpha value is -2.18. The van der Waals surface area contributed by atoms with E-state index in [1.54, 1.807) is 6.07 Å². The lowest BCUT2D eigenvalue weighted by atomic mass is 10.1. The van der Waals surface area contributed by atoms with Crippen LogP contribution in [0.5, 0.6) is 0 Å². The summed E-state index contributed by atoms with van der Waals surface area (Å²) in [6.45, 7) is 4.43. The second kappa shape index (κ2) is 10.2. The number of rotatable bonds is 8. The van der Waals surface area contributed by atoms with E-state index in [0.29, 0.717) is 29.5 Å². The first-order valence-electron chi connectivity index (χ1n) is 11.0. The number of aryl methyl sites for hydroxylation is 2. The summed E-state index contributed by atoms with van der Waals surface area (Å²) < 4.78 is 5.98. The van der Waals surface area contributed by atoms with Gasteiger partial charge >= 0.3 is 0 Å².